The molecule has 1 aromatic heterocycles. The van der Waals surface area contributed by atoms with Crippen LogP contribution in [0.25, 0.3) is 0 Å². The maximum absolute atomic E-state index is 12.6. The van der Waals surface area contributed by atoms with Crippen LogP contribution in [-0.2, 0) is 23.9 Å². The Balaban J connectivity index is 1.64. The SMILES string of the molecule is CC(C)c1nccn1Cc1cccc(NC(=O)Cc2ccc(C(F)(F)F)cc2)c1. The lowest BCUT2D eigenvalue weighted by molar-refractivity contribution is -0.137. The molecule has 4 nitrogen and oxygen atoms in total. The first kappa shape index (κ1) is 20.6. The zero-order valence-corrected chi connectivity index (χ0v) is 16.2. The van der Waals surface area contributed by atoms with E-state index < -0.39 is 11.7 Å². The highest BCUT2D eigenvalue weighted by molar-refractivity contribution is 5.92. The minimum absolute atomic E-state index is 0.00137. The number of nitrogens with zero attached hydrogens (tertiary/aromatic N) is 2. The molecule has 0 saturated carbocycles. The van der Waals surface area contributed by atoms with Crippen LogP contribution in [0.15, 0.2) is 60.9 Å². The molecule has 0 aliphatic carbocycles. The van der Waals surface area contributed by atoms with Crippen molar-refractivity contribution >= 4 is 11.6 Å². The number of anilines is 1. The van der Waals surface area contributed by atoms with Gasteiger partial charge in [0.2, 0.25) is 5.91 Å². The average Bonchev–Trinajstić information content (AvgIpc) is 3.10. The number of aromatic nitrogens is 2. The highest BCUT2D eigenvalue weighted by Crippen LogP contribution is 2.29. The Kier molecular flexibility index (Phi) is 6.06. The minimum Gasteiger partial charge on any atom is -0.330 e. The zero-order chi connectivity index (χ0) is 21.0. The van der Waals surface area contributed by atoms with Gasteiger partial charge in [-0.05, 0) is 35.4 Å². The number of hydrogen-bond acceptors (Lipinski definition) is 2. The highest BCUT2D eigenvalue weighted by atomic mass is 19.4. The summed E-state index contributed by atoms with van der Waals surface area (Å²) < 4.78 is 39.9. The van der Waals surface area contributed by atoms with E-state index in [1.54, 1.807) is 12.3 Å². The van der Waals surface area contributed by atoms with E-state index >= 15 is 0 Å². The van der Waals surface area contributed by atoms with Crippen LogP contribution in [0.3, 0.4) is 0 Å². The lowest BCUT2D eigenvalue weighted by Crippen LogP contribution is -2.15. The van der Waals surface area contributed by atoms with Gasteiger partial charge in [0.15, 0.2) is 0 Å². The summed E-state index contributed by atoms with van der Waals surface area (Å²) in [6.45, 7) is 4.80. The lowest BCUT2D eigenvalue weighted by Gasteiger charge is -2.12. The van der Waals surface area contributed by atoms with Crippen LogP contribution >= 0.6 is 0 Å². The summed E-state index contributed by atoms with van der Waals surface area (Å²) in [7, 11) is 0. The summed E-state index contributed by atoms with van der Waals surface area (Å²) in [6, 6.07) is 12.1. The van der Waals surface area contributed by atoms with Crippen molar-refractivity contribution < 1.29 is 18.0 Å². The summed E-state index contributed by atoms with van der Waals surface area (Å²) in [4.78, 5) is 16.7. The molecular formula is C22H22F3N3O. The number of hydrogen-bond donors (Lipinski definition) is 1. The van der Waals surface area contributed by atoms with Gasteiger partial charge in [-0.15, -0.1) is 0 Å². The first-order chi connectivity index (χ1) is 13.7. The number of amides is 1. The molecule has 0 bridgehead atoms. The highest BCUT2D eigenvalue weighted by Gasteiger charge is 2.29. The molecule has 1 amide bonds. The van der Waals surface area contributed by atoms with Crippen LogP contribution in [0, 0.1) is 0 Å². The lowest BCUT2D eigenvalue weighted by atomic mass is 10.1. The van der Waals surface area contributed by atoms with E-state index in [0.29, 0.717) is 23.7 Å². The molecule has 7 heteroatoms. The van der Waals surface area contributed by atoms with Crippen molar-refractivity contribution in [2.75, 3.05) is 5.32 Å². The van der Waals surface area contributed by atoms with E-state index in [-0.39, 0.29) is 12.3 Å². The van der Waals surface area contributed by atoms with Crippen LogP contribution in [0.2, 0.25) is 0 Å². The molecule has 0 unspecified atom stereocenters. The van der Waals surface area contributed by atoms with Crippen molar-refractivity contribution in [1.82, 2.24) is 9.55 Å². The number of nitrogens with one attached hydrogen (secondary N) is 1. The van der Waals surface area contributed by atoms with Gasteiger partial charge in [0.05, 0.1) is 12.0 Å². The summed E-state index contributed by atoms with van der Waals surface area (Å²) in [5, 5.41) is 2.81. The number of alkyl halides is 3. The molecule has 3 rings (SSSR count). The summed E-state index contributed by atoms with van der Waals surface area (Å²) in [5.74, 6) is 1.01. The number of benzene rings is 2. The van der Waals surface area contributed by atoms with E-state index in [1.807, 2.05) is 24.4 Å². The van der Waals surface area contributed by atoms with Gasteiger partial charge in [-0.25, -0.2) is 4.98 Å². The predicted octanol–water partition coefficient (Wildman–Crippen LogP) is 5.25. The van der Waals surface area contributed by atoms with Crippen LogP contribution in [0.1, 0.15) is 42.3 Å². The predicted molar refractivity (Wildman–Crippen MR) is 106 cm³/mol. The smallest absolute Gasteiger partial charge is 0.330 e. The zero-order valence-electron chi connectivity index (χ0n) is 16.2. The molecule has 2 aromatic carbocycles. The summed E-state index contributed by atoms with van der Waals surface area (Å²) in [6.07, 6.45) is -0.691. The van der Waals surface area contributed by atoms with Gasteiger partial charge in [-0.1, -0.05) is 38.1 Å². The second kappa shape index (κ2) is 8.51. The van der Waals surface area contributed by atoms with Gasteiger partial charge in [0.1, 0.15) is 5.82 Å². The molecule has 0 radical (unpaired) electrons. The first-order valence-corrected chi connectivity index (χ1v) is 9.28. The molecular weight excluding hydrogens is 379 g/mol. The maximum atomic E-state index is 12.6. The second-order valence-electron chi connectivity index (χ2n) is 7.19. The van der Waals surface area contributed by atoms with E-state index in [2.05, 4.69) is 28.7 Å². The van der Waals surface area contributed by atoms with Crippen molar-refractivity contribution in [2.45, 2.75) is 38.9 Å². The average molecular weight is 401 g/mol. The van der Waals surface area contributed by atoms with E-state index in [1.165, 1.54) is 12.1 Å². The normalized spacial score (nSPS) is 11.7. The fraction of sp³-hybridized carbons (Fsp3) is 0.273. The van der Waals surface area contributed by atoms with Crippen molar-refractivity contribution in [1.29, 1.82) is 0 Å². The minimum atomic E-state index is -4.38. The van der Waals surface area contributed by atoms with Gasteiger partial charge < -0.3 is 9.88 Å². The molecule has 0 fully saturated rings. The number of carbonyl (C=O) groups excluding carboxylic acids is 1. The number of imidazole rings is 1. The van der Waals surface area contributed by atoms with Crippen molar-refractivity contribution in [3.05, 3.63) is 83.4 Å². The van der Waals surface area contributed by atoms with Gasteiger partial charge in [-0.3, -0.25) is 4.79 Å². The Morgan fingerprint density at radius 1 is 1.10 bits per heavy atom. The summed E-state index contributed by atoms with van der Waals surface area (Å²) in [5.41, 5.74) is 1.45. The molecule has 3 aromatic rings. The van der Waals surface area contributed by atoms with E-state index in [0.717, 1.165) is 23.5 Å². The Bertz CT molecular complexity index is 975. The van der Waals surface area contributed by atoms with Crippen molar-refractivity contribution in [3.63, 3.8) is 0 Å². The largest absolute Gasteiger partial charge is 0.416 e. The van der Waals surface area contributed by atoms with Crippen LogP contribution < -0.4 is 5.32 Å². The van der Waals surface area contributed by atoms with Gasteiger partial charge in [0, 0.05) is 30.5 Å². The molecule has 0 aliphatic rings. The van der Waals surface area contributed by atoms with Crippen molar-refractivity contribution in [3.8, 4) is 0 Å². The standard InChI is InChI=1S/C22H22F3N3O/c1-15(2)21-26-10-11-28(21)14-17-4-3-5-19(12-17)27-20(29)13-16-6-8-18(9-7-16)22(23,24)25/h3-12,15H,13-14H2,1-2H3,(H,27,29). The fourth-order valence-corrected chi connectivity index (χ4v) is 3.10. The monoisotopic (exact) mass is 401 g/mol. The molecule has 0 aliphatic heterocycles. The Hall–Kier alpha value is -3.09. The number of halogens is 3. The third kappa shape index (κ3) is 5.47. The van der Waals surface area contributed by atoms with Gasteiger partial charge in [0.25, 0.3) is 0 Å². The maximum Gasteiger partial charge on any atom is 0.416 e. The first-order valence-electron chi connectivity index (χ1n) is 9.28. The van der Waals surface area contributed by atoms with Crippen LogP contribution in [0.5, 0.6) is 0 Å². The molecule has 152 valence electrons. The third-order valence-corrected chi connectivity index (χ3v) is 4.47. The number of carbonyl (C=O) groups is 1. The van der Waals surface area contributed by atoms with Gasteiger partial charge >= 0.3 is 6.18 Å². The molecule has 0 spiro atoms. The quantitative estimate of drug-likeness (QED) is 0.613. The molecule has 0 saturated heterocycles. The fourth-order valence-electron chi connectivity index (χ4n) is 3.10. The van der Waals surface area contributed by atoms with Crippen molar-refractivity contribution in [2.24, 2.45) is 0 Å². The second-order valence-corrected chi connectivity index (χ2v) is 7.19. The third-order valence-electron chi connectivity index (χ3n) is 4.47. The molecule has 29 heavy (non-hydrogen) atoms. The Morgan fingerprint density at radius 2 is 1.83 bits per heavy atom. The Morgan fingerprint density at radius 3 is 2.48 bits per heavy atom. The summed E-state index contributed by atoms with van der Waals surface area (Å²) >= 11 is 0. The molecule has 0 atom stereocenters. The molecule has 1 N–H and O–H groups in total. The Labute approximate surface area is 167 Å². The van der Waals surface area contributed by atoms with Gasteiger partial charge in [-0.2, -0.15) is 13.2 Å². The van der Waals surface area contributed by atoms with Crippen LogP contribution in [0.4, 0.5) is 18.9 Å². The number of rotatable bonds is 6. The topological polar surface area (TPSA) is 46.9 Å². The molecule has 1 heterocycles. The van der Waals surface area contributed by atoms with E-state index in [9.17, 15) is 18.0 Å². The van der Waals surface area contributed by atoms with E-state index in [4.69, 9.17) is 0 Å². The van der Waals surface area contributed by atoms with Crippen LogP contribution in [-0.4, -0.2) is 15.5 Å².